The lowest BCUT2D eigenvalue weighted by molar-refractivity contribution is 0.0707. The molecule has 0 radical (unpaired) electrons. The largest absolute Gasteiger partial charge is 0.338 e. The van der Waals surface area contributed by atoms with Gasteiger partial charge in [-0.15, -0.1) is 11.3 Å². The molecular weight excluding hydrogens is 232 g/mol. The summed E-state index contributed by atoms with van der Waals surface area (Å²) >= 11 is 1.57. The van der Waals surface area contributed by atoms with Crippen molar-refractivity contribution in [1.82, 2.24) is 10.2 Å². The minimum absolute atomic E-state index is 0.198. The zero-order valence-corrected chi connectivity index (χ0v) is 11.3. The van der Waals surface area contributed by atoms with E-state index in [1.165, 1.54) is 5.56 Å². The van der Waals surface area contributed by atoms with Crippen LogP contribution in [-0.4, -0.2) is 37.0 Å². The summed E-state index contributed by atoms with van der Waals surface area (Å²) in [6.07, 6.45) is 3.06. The number of piperidine rings is 1. The van der Waals surface area contributed by atoms with Crippen LogP contribution in [0.5, 0.6) is 0 Å². The van der Waals surface area contributed by atoms with E-state index >= 15 is 0 Å². The molecular formula is C13H20N2OS. The molecule has 1 aromatic rings. The number of carbonyl (C=O) groups excluding carboxylic acids is 1. The first-order valence-electron chi connectivity index (χ1n) is 6.28. The van der Waals surface area contributed by atoms with Crippen molar-refractivity contribution in [2.45, 2.75) is 32.2 Å². The smallest absolute Gasteiger partial charge is 0.264 e. The lowest BCUT2D eigenvalue weighted by atomic mass is 10.0. The van der Waals surface area contributed by atoms with E-state index in [2.05, 4.69) is 18.3 Å². The molecule has 0 aliphatic carbocycles. The SMILES string of the molecule is CCc1ccsc1C(=O)N(C)C1CCNCC1. The Morgan fingerprint density at radius 1 is 1.53 bits per heavy atom. The molecule has 2 rings (SSSR count). The fourth-order valence-corrected chi connectivity index (χ4v) is 3.30. The van der Waals surface area contributed by atoms with E-state index in [9.17, 15) is 4.79 Å². The Morgan fingerprint density at radius 2 is 2.24 bits per heavy atom. The summed E-state index contributed by atoms with van der Waals surface area (Å²) in [7, 11) is 1.94. The first kappa shape index (κ1) is 12.6. The maximum Gasteiger partial charge on any atom is 0.264 e. The van der Waals surface area contributed by atoms with E-state index in [0.717, 1.165) is 37.2 Å². The van der Waals surface area contributed by atoms with Crippen molar-refractivity contribution in [3.8, 4) is 0 Å². The molecule has 3 nitrogen and oxygen atoms in total. The number of amides is 1. The summed E-state index contributed by atoms with van der Waals surface area (Å²) in [6.45, 7) is 4.14. The van der Waals surface area contributed by atoms with Crippen LogP contribution in [0.25, 0.3) is 0 Å². The Morgan fingerprint density at radius 3 is 2.88 bits per heavy atom. The van der Waals surface area contributed by atoms with Crippen LogP contribution >= 0.6 is 11.3 Å². The summed E-state index contributed by atoms with van der Waals surface area (Å²) in [5, 5.41) is 5.35. The highest BCUT2D eigenvalue weighted by atomic mass is 32.1. The molecule has 0 atom stereocenters. The predicted octanol–water partition coefficient (Wildman–Crippen LogP) is 2.13. The topological polar surface area (TPSA) is 32.3 Å². The Balaban J connectivity index is 2.08. The Labute approximate surface area is 107 Å². The van der Waals surface area contributed by atoms with Gasteiger partial charge in [-0.3, -0.25) is 4.79 Å². The Kier molecular flexibility index (Phi) is 4.18. The molecule has 0 unspecified atom stereocenters. The molecule has 1 fully saturated rings. The summed E-state index contributed by atoms with van der Waals surface area (Å²) in [6, 6.07) is 2.46. The molecule has 1 aromatic heterocycles. The Bertz CT molecular complexity index is 383. The van der Waals surface area contributed by atoms with Crippen molar-refractivity contribution in [2.75, 3.05) is 20.1 Å². The van der Waals surface area contributed by atoms with Crippen LogP contribution in [-0.2, 0) is 6.42 Å². The normalized spacial score (nSPS) is 17.1. The number of rotatable bonds is 3. The summed E-state index contributed by atoms with van der Waals surface area (Å²) in [5.41, 5.74) is 1.18. The van der Waals surface area contributed by atoms with E-state index in [4.69, 9.17) is 0 Å². The van der Waals surface area contributed by atoms with Crippen molar-refractivity contribution in [3.63, 3.8) is 0 Å². The van der Waals surface area contributed by atoms with Gasteiger partial charge in [-0.1, -0.05) is 6.92 Å². The molecule has 1 amide bonds. The summed E-state index contributed by atoms with van der Waals surface area (Å²) in [5.74, 6) is 0.198. The number of nitrogens with one attached hydrogen (secondary N) is 1. The number of carbonyl (C=O) groups is 1. The average Bonchev–Trinajstić information content (AvgIpc) is 2.86. The lowest BCUT2D eigenvalue weighted by Crippen LogP contribution is -2.43. The van der Waals surface area contributed by atoms with Crippen LogP contribution in [0.3, 0.4) is 0 Å². The second-order valence-electron chi connectivity index (χ2n) is 4.53. The summed E-state index contributed by atoms with van der Waals surface area (Å²) in [4.78, 5) is 15.3. The van der Waals surface area contributed by atoms with Crippen molar-refractivity contribution in [3.05, 3.63) is 21.9 Å². The van der Waals surface area contributed by atoms with Crippen LogP contribution < -0.4 is 5.32 Å². The predicted molar refractivity (Wildman–Crippen MR) is 71.7 cm³/mol. The molecule has 0 aromatic carbocycles. The summed E-state index contributed by atoms with van der Waals surface area (Å²) < 4.78 is 0. The highest BCUT2D eigenvalue weighted by Crippen LogP contribution is 2.21. The van der Waals surface area contributed by atoms with Gasteiger partial charge in [0.25, 0.3) is 5.91 Å². The minimum Gasteiger partial charge on any atom is -0.338 e. The van der Waals surface area contributed by atoms with E-state index in [1.807, 2.05) is 17.3 Å². The fourth-order valence-electron chi connectivity index (χ4n) is 2.32. The number of thiophene rings is 1. The third-order valence-electron chi connectivity index (χ3n) is 3.50. The van der Waals surface area contributed by atoms with Gasteiger partial charge >= 0.3 is 0 Å². The molecule has 0 spiro atoms. The molecule has 1 aliphatic rings. The molecule has 0 bridgehead atoms. The third-order valence-corrected chi connectivity index (χ3v) is 4.44. The number of hydrogen-bond acceptors (Lipinski definition) is 3. The molecule has 4 heteroatoms. The van der Waals surface area contributed by atoms with E-state index in [1.54, 1.807) is 11.3 Å². The number of nitrogens with zero attached hydrogens (tertiary/aromatic N) is 1. The van der Waals surface area contributed by atoms with Gasteiger partial charge < -0.3 is 10.2 Å². The van der Waals surface area contributed by atoms with Crippen LogP contribution in [0.4, 0.5) is 0 Å². The van der Waals surface area contributed by atoms with Crippen molar-refractivity contribution >= 4 is 17.2 Å². The lowest BCUT2D eigenvalue weighted by Gasteiger charge is -2.31. The van der Waals surface area contributed by atoms with Crippen LogP contribution in [0.1, 0.15) is 35.0 Å². The highest BCUT2D eigenvalue weighted by Gasteiger charge is 2.24. The third kappa shape index (κ3) is 2.69. The van der Waals surface area contributed by atoms with E-state index < -0.39 is 0 Å². The van der Waals surface area contributed by atoms with Crippen molar-refractivity contribution < 1.29 is 4.79 Å². The second kappa shape index (κ2) is 5.65. The van der Waals surface area contributed by atoms with Crippen molar-refractivity contribution in [1.29, 1.82) is 0 Å². The van der Waals surface area contributed by atoms with Gasteiger partial charge in [0.05, 0.1) is 4.88 Å². The van der Waals surface area contributed by atoms with Gasteiger partial charge in [-0.05, 0) is 49.4 Å². The molecule has 0 saturated carbocycles. The zero-order valence-electron chi connectivity index (χ0n) is 10.5. The standard InChI is InChI=1S/C13H20N2OS/c1-3-10-6-9-17-12(10)13(16)15(2)11-4-7-14-8-5-11/h6,9,11,14H,3-5,7-8H2,1-2H3. The van der Waals surface area contributed by atoms with Gasteiger partial charge in [0.1, 0.15) is 0 Å². The first-order chi connectivity index (χ1) is 8.24. The van der Waals surface area contributed by atoms with Gasteiger partial charge in [0, 0.05) is 13.1 Å². The van der Waals surface area contributed by atoms with Crippen LogP contribution in [0.2, 0.25) is 0 Å². The van der Waals surface area contributed by atoms with Crippen molar-refractivity contribution in [2.24, 2.45) is 0 Å². The number of aryl methyl sites for hydroxylation is 1. The quantitative estimate of drug-likeness (QED) is 0.894. The zero-order chi connectivity index (χ0) is 12.3. The van der Waals surface area contributed by atoms with Crippen LogP contribution in [0.15, 0.2) is 11.4 Å². The fraction of sp³-hybridized carbons (Fsp3) is 0.615. The van der Waals surface area contributed by atoms with Gasteiger partial charge in [0.15, 0.2) is 0 Å². The molecule has 17 heavy (non-hydrogen) atoms. The molecule has 1 N–H and O–H groups in total. The number of hydrogen-bond donors (Lipinski definition) is 1. The molecule has 1 saturated heterocycles. The van der Waals surface area contributed by atoms with E-state index in [0.29, 0.717) is 6.04 Å². The highest BCUT2D eigenvalue weighted by molar-refractivity contribution is 7.12. The van der Waals surface area contributed by atoms with E-state index in [-0.39, 0.29) is 5.91 Å². The Hall–Kier alpha value is -0.870. The van der Waals surface area contributed by atoms with Gasteiger partial charge in [-0.25, -0.2) is 0 Å². The van der Waals surface area contributed by atoms with Crippen LogP contribution in [0, 0.1) is 0 Å². The van der Waals surface area contributed by atoms with Gasteiger partial charge in [0.2, 0.25) is 0 Å². The molecule has 94 valence electrons. The second-order valence-corrected chi connectivity index (χ2v) is 5.44. The minimum atomic E-state index is 0.198. The average molecular weight is 252 g/mol. The monoisotopic (exact) mass is 252 g/mol. The maximum atomic E-state index is 12.4. The van der Waals surface area contributed by atoms with Gasteiger partial charge in [-0.2, -0.15) is 0 Å². The molecule has 1 aliphatic heterocycles. The molecule has 2 heterocycles. The maximum absolute atomic E-state index is 12.4. The first-order valence-corrected chi connectivity index (χ1v) is 7.16.